The molecule has 0 aliphatic carbocycles. The molecule has 0 unspecified atom stereocenters. The summed E-state index contributed by atoms with van der Waals surface area (Å²) in [4.78, 5) is 10.9. The van der Waals surface area contributed by atoms with E-state index >= 15 is 0 Å². The number of methoxy groups -OCH3 is 1. The lowest BCUT2D eigenvalue weighted by Gasteiger charge is -2.09. The number of hydrogen-bond donors (Lipinski definition) is 2. The summed E-state index contributed by atoms with van der Waals surface area (Å²) in [7, 11) is 1.52. The fraction of sp³-hybridized carbons (Fsp3) is 0.125. The molecule has 2 aromatic carbocycles. The van der Waals surface area contributed by atoms with Crippen LogP contribution in [0.5, 0.6) is 5.75 Å². The summed E-state index contributed by atoms with van der Waals surface area (Å²) in [5.41, 5.74) is 2.32. The predicted molar refractivity (Wildman–Crippen MR) is 78.4 cm³/mol. The van der Waals surface area contributed by atoms with Crippen molar-refractivity contribution < 1.29 is 14.6 Å². The number of nitrogens with zero attached hydrogens (tertiary/aromatic N) is 1. The standard InChI is InChI=1S/C16H14N2O3/c1-21-15-6-5-11(7-13(15)9-17)10-18-14-4-2-3-12(8-14)16(19)20/h2-8,18H,10H2,1H3,(H,19,20). The van der Waals surface area contributed by atoms with E-state index in [2.05, 4.69) is 11.4 Å². The van der Waals surface area contributed by atoms with Gasteiger partial charge in [-0.3, -0.25) is 0 Å². The van der Waals surface area contributed by atoms with Crippen molar-refractivity contribution in [3.8, 4) is 11.8 Å². The van der Waals surface area contributed by atoms with Crippen LogP contribution in [0.4, 0.5) is 5.69 Å². The molecule has 0 saturated heterocycles. The zero-order chi connectivity index (χ0) is 15.2. The van der Waals surface area contributed by atoms with Gasteiger partial charge in [-0.1, -0.05) is 12.1 Å². The van der Waals surface area contributed by atoms with Gasteiger partial charge < -0.3 is 15.2 Å². The van der Waals surface area contributed by atoms with Crippen LogP contribution in [0.3, 0.4) is 0 Å². The van der Waals surface area contributed by atoms with Crippen molar-refractivity contribution >= 4 is 11.7 Å². The molecule has 5 heteroatoms. The van der Waals surface area contributed by atoms with Crippen LogP contribution in [0.25, 0.3) is 0 Å². The Labute approximate surface area is 122 Å². The predicted octanol–water partition coefficient (Wildman–Crippen LogP) is 2.88. The third-order valence-corrected chi connectivity index (χ3v) is 2.99. The Morgan fingerprint density at radius 1 is 1.33 bits per heavy atom. The van der Waals surface area contributed by atoms with Crippen LogP contribution in [0, 0.1) is 11.3 Å². The molecule has 0 amide bonds. The van der Waals surface area contributed by atoms with Gasteiger partial charge in [-0.2, -0.15) is 5.26 Å². The Hall–Kier alpha value is -3.00. The fourth-order valence-electron chi connectivity index (χ4n) is 1.92. The third-order valence-electron chi connectivity index (χ3n) is 2.99. The van der Waals surface area contributed by atoms with Crippen LogP contribution in [0.1, 0.15) is 21.5 Å². The summed E-state index contributed by atoms with van der Waals surface area (Å²) in [6.45, 7) is 0.488. The molecule has 2 rings (SSSR count). The smallest absolute Gasteiger partial charge is 0.335 e. The van der Waals surface area contributed by atoms with Crippen LogP contribution in [0.2, 0.25) is 0 Å². The topological polar surface area (TPSA) is 82.3 Å². The molecule has 0 bridgehead atoms. The van der Waals surface area contributed by atoms with Gasteiger partial charge in [0.15, 0.2) is 0 Å². The summed E-state index contributed by atoms with van der Waals surface area (Å²) in [5, 5.41) is 21.1. The molecular weight excluding hydrogens is 268 g/mol. The maximum atomic E-state index is 10.9. The maximum Gasteiger partial charge on any atom is 0.335 e. The first-order valence-corrected chi connectivity index (χ1v) is 6.28. The monoisotopic (exact) mass is 282 g/mol. The van der Waals surface area contributed by atoms with Crippen LogP contribution >= 0.6 is 0 Å². The van der Waals surface area contributed by atoms with E-state index in [0.717, 1.165) is 5.56 Å². The highest BCUT2D eigenvalue weighted by Crippen LogP contribution is 2.20. The highest BCUT2D eigenvalue weighted by Gasteiger charge is 2.05. The Morgan fingerprint density at radius 2 is 2.14 bits per heavy atom. The van der Waals surface area contributed by atoms with Gasteiger partial charge in [0.25, 0.3) is 0 Å². The molecule has 0 aliphatic rings. The van der Waals surface area contributed by atoms with E-state index in [9.17, 15) is 4.79 Å². The van der Waals surface area contributed by atoms with E-state index in [0.29, 0.717) is 23.5 Å². The number of nitriles is 1. The van der Waals surface area contributed by atoms with Gasteiger partial charge in [-0.25, -0.2) is 4.79 Å². The highest BCUT2D eigenvalue weighted by atomic mass is 16.5. The van der Waals surface area contributed by atoms with E-state index in [1.807, 2.05) is 6.07 Å². The maximum absolute atomic E-state index is 10.9. The number of benzene rings is 2. The van der Waals surface area contributed by atoms with E-state index in [4.69, 9.17) is 15.1 Å². The van der Waals surface area contributed by atoms with Crippen molar-refractivity contribution in [2.75, 3.05) is 12.4 Å². The summed E-state index contributed by atoms with van der Waals surface area (Å²) >= 11 is 0. The summed E-state index contributed by atoms with van der Waals surface area (Å²) in [5.74, 6) is -0.427. The minimum atomic E-state index is -0.963. The number of hydrogen-bond acceptors (Lipinski definition) is 4. The zero-order valence-electron chi connectivity index (χ0n) is 11.5. The van der Waals surface area contributed by atoms with Crippen molar-refractivity contribution in [2.24, 2.45) is 0 Å². The largest absolute Gasteiger partial charge is 0.495 e. The molecule has 0 aliphatic heterocycles. The number of nitrogens with one attached hydrogen (secondary N) is 1. The van der Waals surface area contributed by atoms with Crippen molar-refractivity contribution in [2.45, 2.75) is 6.54 Å². The fourth-order valence-corrected chi connectivity index (χ4v) is 1.92. The molecule has 2 N–H and O–H groups in total. The van der Waals surface area contributed by atoms with Gasteiger partial charge in [-0.15, -0.1) is 0 Å². The number of anilines is 1. The van der Waals surface area contributed by atoms with E-state index in [1.54, 1.807) is 30.3 Å². The average Bonchev–Trinajstić information content (AvgIpc) is 2.52. The molecule has 106 valence electrons. The average molecular weight is 282 g/mol. The lowest BCUT2D eigenvalue weighted by Crippen LogP contribution is -2.02. The second-order valence-electron chi connectivity index (χ2n) is 4.39. The minimum absolute atomic E-state index is 0.229. The molecule has 0 saturated carbocycles. The number of carbonyl (C=O) groups is 1. The van der Waals surface area contributed by atoms with Gasteiger partial charge in [0.05, 0.1) is 18.2 Å². The first-order valence-electron chi connectivity index (χ1n) is 6.28. The van der Waals surface area contributed by atoms with E-state index in [1.165, 1.54) is 13.2 Å². The Kier molecular flexibility index (Phi) is 4.42. The molecule has 0 fully saturated rings. The molecule has 2 aromatic rings. The third kappa shape index (κ3) is 3.51. The Morgan fingerprint density at radius 3 is 2.81 bits per heavy atom. The number of carboxylic acid groups (broad SMARTS) is 1. The van der Waals surface area contributed by atoms with Crippen LogP contribution in [-0.2, 0) is 6.54 Å². The quantitative estimate of drug-likeness (QED) is 0.881. The highest BCUT2D eigenvalue weighted by molar-refractivity contribution is 5.88. The van der Waals surface area contributed by atoms with E-state index in [-0.39, 0.29) is 5.56 Å². The second-order valence-corrected chi connectivity index (χ2v) is 4.39. The van der Waals surface area contributed by atoms with Gasteiger partial charge >= 0.3 is 5.97 Å². The molecular formula is C16H14N2O3. The first-order chi connectivity index (χ1) is 10.1. The number of rotatable bonds is 5. The number of carboxylic acids is 1. The molecule has 5 nitrogen and oxygen atoms in total. The molecule has 0 aromatic heterocycles. The van der Waals surface area contributed by atoms with Gasteiger partial charge in [0, 0.05) is 12.2 Å². The van der Waals surface area contributed by atoms with Crippen molar-refractivity contribution in [1.82, 2.24) is 0 Å². The van der Waals surface area contributed by atoms with Crippen LogP contribution in [0.15, 0.2) is 42.5 Å². The lowest BCUT2D eigenvalue weighted by molar-refractivity contribution is 0.0697. The Bertz CT molecular complexity index is 705. The second kappa shape index (κ2) is 6.44. The number of aromatic carboxylic acids is 1. The SMILES string of the molecule is COc1ccc(CNc2cccc(C(=O)O)c2)cc1C#N. The summed E-state index contributed by atoms with van der Waals surface area (Å²) in [6.07, 6.45) is 0. The van der Waals surface area contributed by atoms with Gasteiger partial charge in [-0.05, 0) is 35.9 Å². The molecule has 0 atom stereocenters. The summed E-state index contributed by atoms with van der Waals surface area (Å²) < 4.78 is 5.09. The summed E-state index contributed by atoms with van der Waals surface area (Å²) in [6, 6.07) is 14.0. The zero-order valence-corrected chi connectivity index (χ0v) is 11.5. The molecule has 0 radical (unpaired) electrons. The van der Waals surface area contributed by atoms with Crippen molar-refractivity contribution in [3.63, 3.8) is 0 Å². The normalized spacial score (nSPS) is 9.71. The molecule has 21 heavy (non-hydrogen) atoms. The van der Waals surface area contributed by atoms with Crippen LogP contribution in [-0.4, -0.2) is 18.2 Å². The minimum Gasteiger partial charge on any atom is -0.495 e. The van der Waals surface area contributed by atoms with Crippen LogP contribution < -0.4 is 10.1 Å². The van der Waals surface area contributed by atoms with Gasteiger partial charge in [0.1, 0.15) is 11.8 Å². The number of ether oxygens (including phenoxy) is 1. The van der Waals surface area contributed by atoms with Crippen molar-refractivity contribution in [3.05, 3.63) is 59.2 Å². The van der Waals surface area contributed by atoms with E-state index < -0.39 is 5.97 Å². The van der Waals surface area contributed by atoms with Crippen molar-refractivity contribution in [1.29, 1.82) is 5.26 Å². The molecule has 0 heterocycles. The van der Waals surface area contributed by atoms with Gasteiger partial charge in [0.2, 0.25) is 0 Å². The molecule has 0 spiro atoms. The lowest BCUT2D eigenvalue weighted by atomic mass is 10.1. The Balaban J connectivity index is 2.11. The first kappa shape index (κ1) is 14.4.